The molecule has 1 aromatic heterocycles. The Kier molecular flexibility index (Phi) is 3.85. The predicted molar refractivity (Wildman–Crippen MR) is 89.9 cm³/mol. The van der Waals surface area contributed by atoms with Crippen LogP contribution in [0.25, 0.3) is 10.9 Å². The van der Waals surface area contributed by atoms with Gasteiger partial charge < -0.3 is 10.2 Å². The molecule has 0 radical (unpaired) electrons. The molecule has 0 bridgehead atoms. The van der Waals surface area contributed by atoms with Crippen molar-refractivity contribution in [2.75, 3.05) is 18.0 Å². The molecule has 3 rings (SSSR count). The Morgan fingerprint density at radius 2 is 1.76 bits per heavy atom. The fourth-order valence-corrected chi connectivity index (χ4v) is 3.10. The number of fused-ring (bicyclic) bond motifs is 1. The molecule has 1 aliphatic rings. The van der Waals surface area contributed by atoms with Gasteiger partial charge in [-0.3, -0.25) is 0 Å². The fraction of sp³-hybridized carbons (Fsp3) is 0.500. The molecule has 21 heavy (non-hydrogen) atoms. The van der Waals surface area contributed by atoms with Gasteiger partial charge in [-0.15, -0.1) is 0 Å². The zero-order chi connectivity index (χ0) is 14.9. The number of aromatic nitrogens is 1. The maximum Gasteiger partial charge on any atom is 0.129 e. The average molecular weight is 283 g/mol. The summed E-state index contributed by atoms with van der Waals surface area (Å²) in [5, 5.41) is 4.93. The molecule has 2 heterocycles. The number of rotatable bonds is 2. The Morgan fingerprint density at radius 3 is 2.48 bits per heavy atom. The number of nitrogens with zero attached hydrogens (tertiary/aromatic N) is 2. The van der Waals surface area contributed by atoms with Crippen LogP contribution in [-0.4, -0.2) is 29.7 Å². The minimum atomic E-state index is 0.202. The largest absolute Gasteiger partial charge is 0.356 e. The first-order chi connectivity index (χ1) is 10.0. The molecule has 0 amide bonds. The lowest BCUT2D eigenvalue weighted by molar-refractivity contribution is 0.316. The van der Waals surface area contributed by atoms with Crippen molar-refractivity contribution < 1.29 is 0 Å². The lowest BCUT2D eigenvalue weighted by Gasteiger charge is -2.36. The summed E-state index contributed by atoms with van der Waals surface area (Å²) in [4.78, 5) is 7.21. The molecule has 3 nitrogen and oxygen atoms in total. The SMILES string of the molecule is CC(C)(C)NC1CCN(c2ccc3ccccc3n2)CC1. The highest BCUT2D eigenvalue weighted by molar-refractivity contribution is 5.80. The first kappa shape index (κ1) is 14.3. The van der Waals surface area contributed by atoms with E-state index in [1.807, 2.05) is 0 Å². The zero-order valence-electron chi connectivity index (χ0n) is 13.3. The Hall–Kier alpha value is -1.61. The van der Waals surface area contributed by atoms with E-state index in [9.17, 15) is 0 Å². The quantitative estimate of drug-likeness (QED) is 0.913. The van der Waals surface area contributed by atoms with Crippen molar-refractivity contribution in [2.24, 2.45) is 0 Å². The summed E-state index contributed by atoms with van der Waals surface area (Å²) in [6, 6.07) is 13.3. The molecule has 3 heteroatoms. The second kappa shape index (κ2) is 5.64. The van der Waals surface area contributed by atoms with Crippen molar-refractivity contribution in [1.82, 2.24) is 10.3 Å². The Balaban J connectivity index is 1.68. The molecule has 0 aliphatic carbocycles. The monoisotopic (exact) mass is 283 g/mol. The van der Waals surface area contributed by atoms with Crippen LogP contribution in [-0.2, 0) is 0 Å². The van der Waals surface area contributed by atoms with E-state index in [0.717, 1.165) is 24.4 Å². The molecule has 1 fully saturated rings. The van der Waals surface area contributed by atoms with E-state index in [1.54, 1.807) is 0 Å². The van der Waals surface area contributed by atoms with Crippen LogP contribution in [0.3, 0.4) is 0 Å². The summed E-state index contributed by atoms with van der Waals surface area (Å²) in [7, 11) is 0. The summed E-state index contributed by atoms with van der Waals surface area (Å²) in [6.07, 6.45) is 2.37. The third-order valence-electron chi connectivity index (χ3n) is 4.04. The number of anilines is 1. The van der Waals surface area contributed by atoms with Gasteiger partial charge in [0.25, 0.3) is 0 Å². The van der Waals surface area contributed by atoms with E-state index in [1.165, 1.54) is 18.2 Å². The van der Waals surface area contributed by atoms with Crippen molar-refractivity contribution in [3.05, 3.63) is 36.4 Å². The third-order valence-corrected chi connectivity index (χ3v) is 4.04. The van der Waals surface area contributed by atoms with Gasteiger partial charge in [0.2, 0.25) is 0 Å². The van der Waals surface area contributed by atoms with Crippen molar-refractivity contribution in [3.8, 4) is 0 Å². The van der Waals surface area contributed by atoms with Crippen LogP contribution < -0.4 is 10.2 Å². The Bertz CT molecular complexity index is 607. The first-order valence-electron chi connectivity index (χ1n) is 7.90. The van der Waals surface area contributed by atoms with E-state index in [-0.39, 0.29) is 5.54 Å². The van der Waals surface area contributed by atoms with E-state index in [0.29, 0.717) is 6.04 Å². The van der Waals surface area contributed by atoms with E-state index < -0.39 is 0 Å². The van der Waals surface area contributed by atoms with Gasteiger partial charge in [-0.1, -0.05) is 18.2 Å². The summed E-state index contributed by atoms with van der Waals surface area (Å²) < 4.78 is 0. The minimum absolute atomic E-state index is 0.202. The minimum Gasteiger partial charge on any atom is -0.356 e. The van der Waals surface area contributed by atoms with Crippen LogP contribution in [0.1, 0.15) is 33.6 Å². The summed E-state index contributed by atoms with van der Waals surface area (Å²) in [6.45, 7) is 8.89. The van der Waals surface area contributed by atoms with Crippen LogP contribution in [0.15, 0.2) is 36.4 Å². The van der Waals surface area contributed by atoms with Gasteiger partial charge in [-0.2, -0.15) is 0 Å². The number of pyridine rings is 1. The number of benzene rings is 1. The molecule has 0 atom stereocenters. The van der Waals surface area contributed by atoms with E-state index >= 15 is 0 Å². The maximum absolute atomic E-state index is 4.80. The van der Waals surface area contributed by atoms with Crippen LogP contribution in [0.2, 0.25) is 0 Å². The van der Waals surface area contributed by atoms with Gasteiger partial charge >= 0.3 is 0 Å². The second-order valence-corrected chi connectivity index (χ2v) is 7.02. The Labute approximate surface area is 127 Å². The maximum atomic E-state index is 4.80. The van der Waals surface area contributed by atoms with Crippen molar-refractivity contribution in [1.29, 1.82) is 0 Å². The standard InChI is InChI=1S/C18H25N3/c1-18(2,3)20-15-10-12-21(13-11-15)17-9-8-14-6-4-5-7-16(14)19-17/h4-9,15,20H,10-13H2,1-3H3. The number of hydrogen-bond donors (Lipinski definition) is 1. The van der Waals surface area contributed by atoms with Gasteiger partial charge in [0.15, 0.2) is 0 Å². The van der Waals surface area contributed by atoms with Gasteiger partial charge in [0, 0.05) is 30.1 Å². The smallest absolute Gasteiger partial charge is 0.129 e. The topological polar surface area (TPSA) is 28.2 Å². The number of piperidine rings is 1. The molecule has 1 N–H and O–H groups in total. The van der Waals surface area contributed by atoms with Crippen LogP contribution in [0.5, 0.6) is 0 Å². The normalized spacial score (nSPS) is 17.4. The third kappa shape index (κ3) is 3.53. The number of nitrogens with one attached hydrogen (secondary N) is 1. The van der Waals surface area contributed by atoms with Gasteiger partial charge in [0.1, 0.15) is 5.82 Å². The van der Waals surface area contributed by atoms with E-state index in [2.05, 4.69) is 67.4 Å². The summed E-state index contributed by atoms with van der Waals surface area (Å²) in [5.74, 6) is 1.11. The van der Waals surface area contributed by atoms with Gasteiger partial charge in [-0.05, 0) is 51.8 Å². The highest BCUT2D eigenvalue weighted by Gasteiger charge is 2.23. The molecular formula is C18H25N3. The van der Waals surface area contributed by atoms with Gasteiger partial charge in [-0.25, -0.2) is 4.98 Å². The summed E-state index contributed by atoms with van der Waals surface area (Å²) >= 11 is 0. The molecule has 1 aromatic carbocycles. The summed E-state index contributed by atoms with van der Waals surface area (Å²) in [5.41, 5.74) is 1.29. The first-order valence-corrected chi connectivity index (χ1v) is 7.90. The average Bonchev–Trinajstić information content (AvgIpc) is 2.46. The molecule has 0 unspecified atom stereocenters. The number of para-hydroxylation sites is 1. The lowest BCUT2D eigenvalue weighted by atomic mass is 10.00. The lowest BCUT2D eigenvalue weighted by Crippen LogP contribution is -2.49. The van der Waals surface area contributed by atoms with Crippen LogP contribution in [0, 0.1) is 0 Å². The van der Waals surface area contributed by atoms with Crippen molar-refractivity contribution in [3.63, 3.8) is 0 Å². The van der Waals surface area contributed by atoms with Crippen LogP contribution >= 0.6 is 0 Å². The fourth-order valence-electron chi connectivity index (χ4n) is 3.10. The highest BCUT2D eigenvalue weighted by atomic mass is 15.2. The van der Waals surface area contributed by atoms with Crippen LogP contribution in [0.4, 0.5) is 5.82 Å². The predicted octanol–water partition coefficient (Wildman–Crippen LogP) is 3.59. The molecular weight excluding hydrogens is 258 g/mol. The zero-order valence-corrected chi connectivity index (χ0v) is 13.3. The molecule has 1 saturated heterocycles. The molecule has 112 valence electrons. The number of hydrogen-bond acceptors (Lipinski definition) is 3. The van der Waals surface area contributed by atoms with Gasteiger partial charge in [0.05, 0.1) is 5.52 Å². The molecule has 0 saturated carbocycles. The molecule has 0 spiro atoms. The molecule has 1 aliphatic heterocycles. The highest BCUT2D eigenvalue weighted by Crippen LogP contribution is 2.22. The molecule has 2 aromatic rings. The van der Waals surface area contributed by atoms with Crippen molar-refractivity contribution >= 4 is 16.7 Å². The van der Waals surface area contributed by atoms with E-state index in [4.69, 9.17) is 4.98 Å². The second-order valence-electron chi connectivity index (χ2n) is 7.02. The Morgan fingerprint density at radius 1 is 1.05 bits per heavy atom. The van der Waals surface area contributed by atoms with Crippen molar-refractivity contribution in [2.45, 2.75) is 45.2 Å².